The second kappa shape index (κ2) is 8.79. The summed E-state index contributed by atoms with van der Waals surface area (Å²) in [5.41, 5.74) is 3.24. The van der Waals surface area contributed by atoms with E-state index < -0.39 is 12.6 Å². The first-order valence-electron chi connectivity index (χ1n) is 8.66. The molecule has 0 atom stereocenters. The van der Waals surface area contributed by atoms with E-state index in [0.717, 1.165) is 28.2 Å². The van der Waals surface area contributed by atoms with Crippen LogP contribution in [-0.2, 0) is 21.9 Å². The van der Waals surface area contributed by atoms with E-state index in [2.05, 4.69) is 10.3 Å². The molecular formula is C20H21N3O4S. The van der Waals surface area contributed by atoms with Gasteiger partial charge in [-0.3, -0.25) is 4.79 Å². The molecule has 28 heavy (non-hydrogen) atoms. The summed E-state index contributed by atoms with van der Waals surface area (Å²) in [5, 5.41) is 11.6. The number of para-hydroxylation sites is 2. The van der Waals surface area contributed by atoms with Gasteiger partial charge in [0.05, 0.1) is 16.8 Å². The maximum absolute atomic E-state index is 12.7. The average Bonchev–Trinajstić information content (AvgIpc) is 3.00. The van der Waals surface area contributed by atoms with Crippen molar-refractivity contribution in [2.75, 3.05) is 18.2 Å². The Labute approximate surface area is 166 Å². The molecule has 3 rings (SSSR count). The first-order valence-corrected chi connectivity index (χ1v) is 10.1. The van der Waals surface area contributed by atoms with Gasteiger partial charge in [0, 0.05) is 5.69 Å². The number of carbonyl (C=O) groups excluding carboxylic acids is 1. The summed E-state index contributed by atoms with van der Waals surface area (Å²) in [6, 6.07) is 12.8. The molecule has 1 amide bonds. The Balaban J connectivity index is 1.75. The number of nitrogens with one attached hydrogen (secondary N) is 1. The molecule has 0 saturated heterocycles. The normalized spacial score (nSPS) is 10.8. The van der Waals surface area contributed by atoms with Crippen LogP contribution >= 0.6 is 11.8 Å². The largest absolute Gasteiger partial charge is 0.482 e. The fourth-order valence-electron chi connectivity index (χ4n) is 2.89. The molecular weight excluding hydrogens is 378 g/mol. The first-order chi connectivity index (χ1) is 13.5. The SMILES string of the molecule is CSCc1nc2ccccc2n1CC(=O)Nc1ccc(OCC(=O)O)cc1C. The zero-order valence-corrected chi connectivity index (χ0v) is 16.5. The molecule has 0 aliphatic rings. The van der Waals surface area contributed by atoms with Gasteiger partial charge in [0.15, 0.2) is 6.61 Å². The molecule has 2 aromatic carbocycles. The third kappa shape index (κ3) is 4.64. The van der Waals surface area contributed by atoms with E-state index >= 15 is 0 Å². The lowest BCUT2D eigenvalue weighted by atomic mass is 10.2. The predicted octanol–water partition coefficient (Wildman–Crippen LogP) is 3.31. The molecule has 3 aromatic rings. The number of aryl methyl sites for hydroxylation is 1. The molecule has 1 heterocycles. The number of anilines is 1. The summed E-state index contributed by atoms with van der Waals surface area (Å²) in [6.45, 7) is 1.58. The topological polar surface area (TPSA) is 93.5 Å². The zero-order chi connectivity index (χ0) is 20.1. The summed E-state index contributed by atoms with van der Waals surface area (Å²) in [7, 11) is 0. The van der Waals surface area contributed by atoms with Gasteiger partial charge in [-0.2, -0.15) is 11.8 Å². The Morgan fingerprint density at radius 2 is 2.04 bits per heavy atom. The van der Waals surface area contributed by atoms with Crippen molar-refractivity contribution in [2.24, 2.45) is 0 Å². The van der Waals surface area contributed by atoms with Crippen LogP contribution in [0.4, 0.5) is 5.69 Å². The van der Waals surface area contributed by atoms with Gasteiger partial charge in [-0.15, -0.1) is 0 Å². The Kier molecular flexibility index (Phi) is 6.20. The van der Waals surface area contributed by atoms with Crippen LogP contribution < -0.4 is 10.1 Å². The summed E-state index contributed by atoms with van der Waals surface area (Å²) in [5.74, 6) is 0.826. The van der Waals surface area contributed by atoms with E-state index in [4.69, 9.17) is 9.84 Å². The number of aliphatic carboxylic acids is 1. The smallest absolute Gasteiger partial charge is 0.341 e. The maximum atomic E-state index is 12.7. The zero-order valence-electron chi connectivity index (χ0n) is 15.6. The van der Waals surface area contributed by atoms with Crippen LogP contribution in [0, 0.1) is 6.92 Å². The molecule has 2 N–H and O–H groups in total. The minimum Gasteiger partial charge on any atom is -0.482 e. The highest BCUT2D eigenvalue weighted by Gasteiger charge is 2.14. The number of ether oxygens (including phenoxy) is 1. The molecule has 0 unspecified atom stereocenters. The van der Waals surface area contributed by atoms with Crippen molar-refractivity contribution in [3.05, 3.63) is 53.9 Å². The summed E-state index contributed by atoms with van der Waals surface area (Å²) < 4.78 is 7.09. The number of hydrogen-bond acceptors (Lipinski definition) is 5. The van der Waals surface area contributed by atoms with Crippen LogP contribution in [0.3, 0.4) is 0 Å². The third-order valence-electron chi connectivity index (χ3n) is 4.14. The van der Waals surface area contributed by atoms with Gasteiger partial charge >= 0.3 is 5.97 Å². The molecule has 146 valence electrons. The maximum Gasteiger partial charge on any atom is 0.341 e. The van der Waals surface area contributed by atoms with E-state index in [1.165, 1.54) is 0 Å². The van der Waals surface area contributed by atoms with Gasteiger partial charge in [0.25, 0.3) is 0 Å². The molecule has 0 spiro atoms. The van der Waals surface area contributed by atoms with Crippen molar-refractivity contribution in [1.29, 1.82) is 0 Å². The van der Waals surface area contributed by atoms with Gasteiger partial charge in [0.2, 0.25) is 5.91 Å². The second-order valence-corrected chi connectivity index (χ2v) is 7.11. The first kappa shape index (κ1) is 19.8. The van der Waals surface area contributed by atoms with Crippen molar-refractivity contribution in [3.63, 3.8) is 0 Å². The lowest BCUT2D eigenvalue weighted by molar-refractivity contribution is -0.139. The van der Waals surface area contributed by atoms with E-state index in [-0.39, 0.29) is 12.5 Å². The average molecular weight is 399 g/mol. The number of aromatic nitrogens is 2. The highest BCUT2D eigenvalue weighted by molar-refractivity contribution is 7.97. The van der Waals surface area contributed by atoms with E-state index in [9.17, 15) is 9.59 Å². The molecule has 0 radical (unpaired) electrons. The number of carbonyl (C=O) groups is 2. The number of hydrogen-bond donors (Lipinski definition) is 2. The summed E-state index contributed by atoms with van der Waals surface area (Å²) >= 11 is 1.66. The van der Waals surface area contributed by atoms with Crippen LogP contribution in [0.25, 0.3) is 11.0 Å². The van der Waals surface area contributed by atoms with Crippen molar-refractivity contribution in [3.8, 4) is 5.75 Å². The minimum atomic E-state index is -1.04. The molecule has 0 saturated carbocycles. The Morgan fingerprint density at radius 1 is 1.25 bits per heavy atom. The van der Waals surface area contributed by atoms with Gasteiger partial charge in [-0.05, 0) is 49.1 Å². The predicted molar refractivity (Wildman–Crippen MR) is 110 cm³/mol. The molecule has 0 aliphatic carbocycles. The van der Waals surface area contributed by atoms with Crippen molar-refractivity contribution in [2.45, 2.75) is 19.2 Å². The van der Waals surface area contributed by atoms with Crippen LogP contribution in [0.5, 0.6) is 5.75 Å². The number of imidazole rings is 1. The number of fused-ring (bicyclic) bond motifs is 1. The number of carboxylic acid groups (broad SMARTS) is 1. The number of thioether (sulfide) groups is 1. The molecule has 1 aromatic heterocycles. The fourth-order valence-corrected chi connectivity index (χ4v) is 3.36. The quantitative estimate of drug-likeness (QED) is 0.604. The fraction of sp³-hybridized carbons (Fsp3) is 0.250. The lowest BCUT2D eigenvalue weighted by Gasteiger charge is -2.12. The minimum absolute atomic E-state index is 0.159. The van der Waals surface area contributed by atoms with Crippen molar-refractivity contribution >= 4 is 40.4 Å². The van der Waals surface area contributed by atoms with E-state index in [1.807, 2.05) is 42.0 Å². The van der Waals surface area contributed by atoms with Crippen molar-refractivity contribution < 1.29 is 19.4 Å². The molecule has 7 nitrogen and oxygen atoms in total. The molecule has 0 aliphatic heterocycles. The van der Waals surface area contributed by atoms with E-state index in [0.29, 0.717) is 11.4 Å². The number of rotatable bonds is 8. The summed E-state index contributed by atoms with van der Waals surface area (Å²) in [6.07, 6.45) is 2.00. The Hall–Kier alpha value is -3.00. The Morgan fingerprint density at radius 3 is 2.75 bits per heavy atom. The Bertz CT molecular complexity index is 1020. The van der Waals surface area contributed by atoms with Crippen LogP contribution in [0.15, 0.2) is 42.5 Å². The number of benzene rings is 2. The highest BCUT2D eigenvalue weighted by atomic mass is 32.2. The van der Waals surface area contributed by atoms with Gasteiger partial charge < -0.3 is 19.7 Å². The standard InChI is InChI=1S/C20H21N3O4S/c1-13-9-14(27-11-20(25)26)7-8-15(13)22-19(24)10-23-17-6-4-3-5-16(17)21-18(23)12-28-2/h3-9H,10-12H2,1-2H3,(H,22,24)(H,25,26). The van der Waals surface area contributed by atoms with Crippen LogP contribution in [-0.4, -0.2) is 39.4 Å². The number of nitrogens with zero attached hydrogens (tertiary/aromatic N) is 2. The molecule has 0 fully saturated rings. The van der Waals surface area contributed by atoms with Gasteiger partial charge in [-0.1, -0.05) is 12.1 Å². The van der Waals surface area contributed by atoms with E-state index in [1.54, 1.807) is 30.0 Å². The van der Waals surface area contributed by atoms with Gasteiger partial charge in [-0.25, -0.2) is 9.78 Å². The van der Waals surface area contributed by atoms with Gasteiger partial charge in [0.1, 0.15) is 18.1 Å². The summed E-state index contributed by atoms with van der Waals surface area (Å²) in [4.78, 5) is 27.9. The second-order valence-electron chi connectivity index (χ2n) is 6.24. The van der Waals surface area contributed by atoms with Crippen LogP contribution in [0.2, 0.25) is 0 Å². The van der Waals surface area contributed by atoms with Crippen molar-refractivity contribution in [1.82, 2.24) is 9.55 Å². The number of amides is 1. The lowest BCUT2D eigenvalue weighted by Crippen LogP contribution is -2.20. The third-order valence-corrected chi connectivity index (χ3v) is 4.69. The highest BCUT2D eigenvalue weighted by Crippen LogP contribution is 2.22. The number of carboxylic acids is 1. The molecule has 8 heteroatoms. The molecule has 0 bridgehead atoms. The van der Waals surface area contributed by atoms with Crippen LogP contribution in [0.1, 0.15) is 11.4 Å². The monoisotopic (exact) mass is 399 g/mol.